The first-order chi connectivity index (χ1) is 58.6. The van der Waals surface area contributed by atoms with E-state index in [0.717, 1.165) is 216 Å². The fourth-order valence-electron chi connectivity index (χ4n) is 19.5. The molecule has 2 aliphatic carbocycles. The Bertz CT molecular complexity index is 5250. The summed E-state index contributed by atoms with van der Waals surface area (Å²) in [7, 11) is 0. The van der Waals surface area contributed by atoms with Crippen molar-refractivity contribution < 1.29 is 62.5 Å². The van der Waals surface area contributed by atoms with Gasteiger partial charge in [0.1, 0.15) is 17.9 Å². The molecule has 0 spiro atoms. The summed E-state index contributed by atoms with van der Waals surface area (Å²) in [5.41, 5.74) is 11.3. The number of hydrogen-bond donors (Lipinski definition) is 7. The van der Waals surface area contributed by atoms with E-state index >= 15 is 0 Å². The molecular weight excluding hydrogens is 1540 g/mol. The number of carbonyl (C=O) groups excluding carboxylic acids is 10. The minimum Gasteiger partial charge on any atom is -0.396 e. The Morgan fingerprint density at radius 3 is 1.30 bits per heavy atom. The van der Waals surface area contributed by atoms with Crippen LogP contribution in [0.5, 0.6) is 0 Å². The van der Waals surface area contributed by atoms with Gasteiger partial charge in [-0.3, -0.25) is 88.8 Å². The van der Waals surface area contributed by atoms with Crippen molar-refractivity contribution in [3.05, 3.63) is 183 Å². The van der Waals surface area contributed by atoms with Crippen LogP contribution in [0.15, 0.2) is 121 Å². The van der Waals surface area contributed by atoms with E-state index in [4.69, 9.17) is 9.97 Å². The number of aryl methyl sites for hydroxylation is 2. The van der Waals surface area contributed by atoms with E-state index in [1.807, 2.05) is 68.4 Å². The van der Waals surface area contributed by atoms with Gasteiger partial charge in [0.05, 0.1) is 44.3 Å². The molecule has 8 aliphatic heterocycles. The summed E-state index contributed by atoms with van der Waals surface area (Å²) in [5.74, 6) is -2.00. The Hall–Kier alpha value is -10.8. The normalized spacial score (nSPS) is 23.1. The second kappa shape index (κ2) is 37.3. The van der Waals surface area contributed by atoms with Gasteiger partial charge >= 0.3 is 0 Å². The Morgan fingerprint density at radius 2 is 0.860 bits per heavy atom. The summed E-state index contributed by atoms with van der Waals surface area (Å²) >= 11 is 0. The van der Waals surface area contributed by atoms with E-state index in [-0.39, 0.29) is 79.8 Å². The van der Waals surface area contributed by atoms with Gasteiger partial charge in [0.25, 0.3) is 35.4 Å². The number of piperidine rings is 4. The number of nitrogens with zero attached hydrogens (tertiary/aromatic N) is 11. The number of aliphatic hydroxyl groups excluding tert-OH is 2. The lowest BCUT2D eigenvalue weighted by Gasteiger charge is -2.39. The standard InChI is InChI=1S/C46H54N8O6.C33H46N6O2.C13H9FN2O4/c1-29-3-2-4-33(23-29)42(57)49-46-47-38-24-32(7-12-39(38)53(46)34-8-5-31(28-55)6-9-34)27-51-21-19-50(20-22-51)26-30-15-17-52(18-16-30)35-10-11-36-37(25-35)45(60)54(44(36)59)40-13-14-41(56)48-43(40)58;1-24-3-2-4-28(19-24)32(41)36-33-35-30-20-27(7-10-31(30)39(33)29-8-5-26(23-40)6-9-29)22-38-17-15-37(16-18-38)21-25-11-13-34-14-12-25;14-6-1-2-7-8(5-6)13(20)16(12(7)19)9-3-4-10(17)15-11(9)18/h2-4,7,10-12,23-25,30-31,34,40,55H,5-6,8-9,13-22,26-28H2,1H3,(H,47,49,57)(H,48,56,58);2-4,7,10,19-20,25-26,29,34,40H,5-6,8-9,11-18,21-23H2,1H3,(H,35,36,41);1-2,5,9H,3-4H2,(H,15,17,18). The molecule has 0 radical (unpaired) electrons. The summed E-state index contributed by atoms with van der Waals surface area (Å²) in [6, 6.07) is 35.6. The van der Waals surface area contributed by atoms with Crippen LogP contribution in [0.2, 0.25) is 0 Å². The summed E-state index contributed by atoms with van der Waals surface area (Å²) in [6.07, 6.45) is 12.8. The van der Waals surface area contributed by atoms with Gasteiger partial charge in [0, 0.05) is 147 Å². The third-order valence-electron chi connectivity index (χ3n) is 26.4. The van der Waals surface area contributed by atoms with Crippen molar-refractivity contribution >= 4 is 98.7 Å². The molecule has 29 heteroatoms. The molecule has 8 aromatic rings. The molecule has 10 heterocycles. The van der Waals surface area contributed by atoms with Gasteiger partial charge in [-0.05, 0) is 237 Å². The van der Waals surface area contributed by atoms with Gasteiger partial charge < -0.3 is 39.4 Å². The maximum Gasteiger partial charge on any atom is 0.262 e. The zero-order valence-electron chi connectivity index (χ0n) is 69.0. The summed E-state index contributed by atoms with van der Waals surface area (Å²) < 4.78 is 17.6. The third-order valence-corrected chi connectivity index (χ3v) is 26.4. The highest BCUT2D eigenvalue weighted by Crippen LogP contribution is 2.41. The highest BCUT2D eigenvalue weighted by Gasteiger charge is 2.47. The third kappa shape index (κ3) is 19.0. The lowest BCUT2D eigenvalue weighted by Crippen LogP contribution is -2.54. The minimum atomic E-state index is -1.02. The molecule has 28 nitrogen and oxygen atoms in total. The van der Waals surface area contributed by atoms with Crippen LogP contribution in [0.4, 0.5) is 22.0 Å². The topological polar surface area (TPSA) is 330 Å². The van der Waals surface area contributed by atoms with E-state index in [0.29, 0.717) is 51.9 Å². The Labute approximate surface area is 702 Å². The number of nitrogens with one attached hydrogen (secondary N) is 5. The summed E-state index contributed by atoms with van der Waals surface area (Å²) in [5, 5.41) is 33.5. The monoisotopic (exact) mass is 1650 g/mol. The van der Waals surface area contributed by atoms with Gasteiger partial charge in [-0.25, -0.2) is 14.4 Å². The highest BCUT2D eigenvalue weighted by atomic mass is 19.1. The van der Waals surface area contributed by atoms with E-state index in [2.05, 4.69) is 96.6 Å². The van der Waals surface area contributed by atoms with E-state index in [9.17, 15) is 62.5 Å². The first-order valence-corrected chi connectivity index (χ1v) is 43.4. The number of piperazine rings is 2. The van der Waals surface area contributed by atoms with Crippen molar-refractivity contribution in [3.63, 3.8) is 0 Å². The number of aliphatic hydroxyl groups is 2. The van der Waals surface area contributed by atoms with Crippen molar-refractivity contribution in [1.82, 2.24) is 64.5 Å². The van der Waals surface area contributed by atoms with E-state index < -0.39 is 59.3 Å². The summed E-state index contributed by atoms with van der Waals surface area (Å²) in [6.45, 7) is 21.1. The summed E-state index contributed by atoms with van der Waals surface area (Å²) in [4.78, 5) is 149. The predicted molar refractivity (Wildman–Crippen MR) is 454 cm³/mol. The molecule has 18 rings (SSSR count). The number of anilines is 3. The van der Waals surface area contributed by atoms with Gasteiger partial charge in [-0.15, -0.1) is 0 Å². The maximum absolute atomic E-state index is 13.4. The van der Waals surface area contributed by atoms with E-state index in [1.54, 1.807) is 12.1 Å². The average molecular weight is 1650 g/mol. The molecule has 8 fully saturated rings. The highest BCUT2D eigenvalue weighted by molar-refractivity contribution is 6.25. The number of imidazole rings is 2. The van der Waals surface area contributed by atoms with Gasteiger partial charge in [0.15, 0.2) is 0 Å². The van der Waals surface area contributed by atoms with Gasteiger partial charge in [-0.2, -0.15) is 0 Å². The molecule has 2 saturated carbocycles. The SMILES string of the molecule is Cc1cccc(C(=O)Nc2nc3cc(CN4CCN(CC5CCN(c6ccc7c(c6)C(=O)N(C6CCC(=O)NC6=O)C7=O)CC5)CC4)ccc3n2C2CCC(CO)CC2)c1.Cc1cccc(C(=O)Nc2nc3cc(CN4CCN(CC5CCNCC5)CC4)ccc3n2C2CCC(CO)CC2)c1.O=C1CCC(N2C(=O)c3ccc(F)cc3C2=O)C(=O)N1. The number of hydrogen-bond acceptors (Lipinski definition) is 20. The minimum absolute atomic E-state index is 0.0537. The molecule has 2 atom stereocenters. The number of amides is 10. The zero-order valence-corrected chi connectivity index (χ0v) is 69.0. The van der Waals surface area contributed by atoms with Crippen molar-refractivity contribution in [2.75, 3.05) is 120 Å². The average Bonchev–Trinajstić information content (AvgIpc) is 1.62. The first-order valence-electron chi connectivity index (χ1n) is 43.4. The van der Waals surface area contributed by atoms with Crippen LogP contribution in [0.1, 0.15) is 199 Å². The van der Waals surface area contributed by atoms with Crippen LogP contribution >= 0.6 is 0 Å². The number of fused-ring (bicyclic) bond motifs is 4. The number of carbonyl (C=O) groups is 10. The second-order valence-electron chi connectivity index (χ2n) is 34.7. The molecule has 636 valence electrons. The Kier molecular flexibility index (Phi) is 25.8. The van der Waals surface area contributed by atoms with Crippen LogP contribution in [0.25, 0.3) is 22.1 Å². The number of imide groups is 4. The Balaban J connectivity index is 0.000000153. The molecule has 10 amide bonds. The maximum atomic E-state index is 13.4. The molecule has 6 saturated heterocycles. The van der Waals surface area contributed by atoms with Crippen molar-refractivity contribution in [2.24, 2.45) is 23.7 Å². The fraction of sp³-hybridized carbons (Fsp3) is 0.478. The molecule has 2 unspecified atom stereocenters. The zero-order chi connectivity index (χ0) is 84.1. The smallest absolute Gasteiger partial charge is 0.262 e. The van der Waals surface area contributed by atoms with Gasteiger partial charge in [0.2, 0.25) is 35.5 Å². The Morgan fingerprint density at radius 1 is 0.438 bits per heavy atom. The van der Waals surface area contributed by atoms with Crippen LogP contribution in [0, 0.1) is 43.3 Å². The quantitative estimate of drug-likeness (QED) is 0.0370. The number of rotatable bonds is 19. The number of halogens is 1. The second-order valence-corrected chi connectivity index (χ2v) is 34.7. The van der Waals surface area contributed by atoms with E-state index in [1.165, 1.54) is 49.7 Å². The molecule has 2 aromatic heterocycles. The number of aromatic nitrogens is 4. The first kappa shape index (κ1) is 83.8. The molecular formula is C92H109FN16O12. The van der Waals surface area contributed by atoms with Crippen molar-refractivity contribution in [1.29, 1.82) is 0 Å². The number of benzene rings is 6. The van der Waals surface area contributed by atoms with Gasteiger partial charge in [-0.1, -0.05) is 47.5 Å². The van der Waals surface area contributed by atoms with Crippen LogP contribution in [0.3, 0.4) is 0 Å². The molecule has 10 aliphatic rings. The van der Waals surface area contributed by atoms with Crippen LogP contribution in [-0.4, -0.2) is 235 Å². The van der Waals surface area contributed by atoms with Crippen molar-refractivity contribution in [3.8, 4) is 0 Å². The predicted octanol–water partition coefficient (Wildman–Crippen LogP) is 9.42. The molecule has 7 N–H and O–H groups in total. The molecule has 6 aromatic carbocycles. The lowest BCUT2D eigenvalue weighted by molar-refractivity contribution is -0.137. The van der Waals surface area contributed by atoms with Crippen molar-refractivity contribution in [2.45, 2.75) is 154 Å². The van der Waals surface area contributed by atoms with Crippen LogP contribution in [-0.2, 0) is 32.3 Å². The molecule has 121 heavy (non-hydrogen) atoms. The fourth-order valence-corrected chi connectivity index (χ4v) is 19.5. The van der Waals surface area contributed by atoms with Crippen LogP contribution < -0.4 is 31.5 Å². The molecule has 0 bridgehead atoms. The largest absolute Gasteiger partial charge is 0.396 e. The lowest BCUT2D eigenvalue weighted by atomic mass is 9.86.